The van der Waals surface area contributed by atoms with Crippen molar-refractivity contribution in [2.45, 2.75) is 32.2 Å². The average Bonchev–Trinajstić information content (AvgIpc) is 2.97. The fourth-order valence-electron chi connectivity index (χ4n) is 2.93. The van der Waals surface area contributed by atoms with E-state index in [-0.39, 0.29) is 36.8 Å². The number of nitrogens with zero attached hydrogens (tertiary/aromatic N) is 1. The number of amides is 1. The van der Waals surface area contributed by atoms with Gasteiger partial charge in [-0.1, -0.05) is 37.3 Å². The van der Waals surface area contributed by atoms with Gasteiger partial charge in [-0.3, -0.25) is 4.79 Å². The summed E-state index contributed by atoms with van der Waals surface area (Å²) in [4.78, 5) is 16.8. The maximum atomic E-state index is 12.2. The van der Waals surface area contributed by atoms with E-state index in [9.17, 15) is 4.79 Å². The van der Waals surface area contributed by atoms with Crippen molar-refractivity contribution in [2.24, 2.45) is 5.92 Å². The van der Waals surface area contributed by atoms with E-state index in [1.165, 1.54) is 5.56 Å². The molecule has 2 unspecified atom stereocenters. The molecule has 25 heavy (non-hydrogen) atoms. The topological polar surface area (TPSA) is 54.0 Å². The summed E-state index contributed by atoms with van der Waals surface area (Å²) in [6, 6.07) is 10.6. The Morgan fingerprint density at radius 2 is 2.08 bits per heavy atom. The van der Waals surface area contributed by atoms with Crippen molar-refractivity contribution in [3.8, 4) is 0 Å². The Morgan fingerprint density at radius 1 is 1.32 bits per heavy atom. The molecular weight excluding hydrogens is 377 g/mol. The van der Waals surface area contributed by atoms with Crippen LogP contribution >= 0.6 is 36.2 Å². The number of nitrogens with one attached hydrogen (secondary N) is 2. The van der Waals surface area contributed by atoms with Gasteiger partial charge >= 0.3 is 0 Å². The van der Waals surface area contributed by atoms with Crippen molar-refractivity contribution < 1.29 is 4.79 Å². The van der Waals surface area contributed by atoms with Crippen LogP contribution in [0, 0.1) is 5.92 Å². The lowest BCUT2D eigenvalue weighted by Crippen LogP contribution is -2.48. The standard InChI is InChI=1S/C18H23N3OS.2ClH/c1-13-11-19-8-7-16(13)21-17(22)10-15-12-23-18(20-15)9-14-5-3-2-4-6-14;;/h2-6,12-13,16,19H,7-11H2,1H3,(H,21,22);2*1H. The van der Waals surface area contributed by atoms with Crippen molar-refractivity contribution >= 4 is 42.1 Å². The number of carbonyl (C=O) groups is 1. The van der Waals surface area contributed by atoms with Gasteiger partial charge < -0.3 is 10.6 Å². The molecule has 0 saturated carbocycles. The van der Waals surface area contributed by atoms with E-state index in [0.29, 0.717) is 12.3 Å². The van der Waals surface area contributed by atoms with Crippen LogP contribution in [0.1, 0.15) is 29.6 Å². The Kier molecular flexibility index (Phi) is 9.43. The van der Waals surface area contributed by atoms with Crippen molar-refractivity contribution in [1.82, 2.24) is 15.6 Å². The number of piperidine rings is 1. The van der Waals surface area contributed by atoms with Crippen molar-refractivity contribution in [1.29, 1.82) is 0 Å². The Bertz CT molecular complexity index is 651. The molecule has 1 saturated heterocycles. The van der Waals surface area contributed by atoms with Crippen molar-refractivity contribution in [3.05, 3.63) is 52.0 Å². The van der Waals surface area contributed by atoms with E-state index in [1.807, 2.05) is 23.6 Å². The minimum atomic E-state index is 0. The van der Waals surface area contributed by atoms with Gasteiger partial charge in [0.25, 0.3) is 0 Å². The number of hydrogen-bond acceptors (Lipinski definition) is 4. The zero-order chi connectivity index (χ0) is 16.1. The highest BCUT2D eigenvalue weighted by molar-refractivity contribution is 7.09. The third-order valence-corrected chi connectivity index (χ3v) is 5.17. The van der Waals surface area contributed by atoms with Gasteiger partial charge in [-0.25, -0.2) is 4.98 Å². The summed E-state index contributed by atoms with van der Waals surface area (Å²) in [6.45, 7) is 4.13. The summed E-state index contributed by atoms with van der Waals surface area (Å²) in [5, 5.41) is 9.58. The van der Waals surface area contributed by atoms with Gasteiger partial charge in [0.2, 0.25) is 5.91 Å². The second-order valence-electron chi connectivity index (χ2n) is 6.22. The Labute approximate surface area is 165 Å². The Balaban J connectivity index is 0.00000156. The maximum absolute atomic E-state index is 12.2. The highest BCUT2D eigenvalue weighted by Crippen LogP contribution is 2.16. The average molecular weight is 402 g/mol. The number of hydrogen-bond donors (Lipinski definition) is 2. The second-order valence-corrected chi connectivity index (χ2v) is 7.16. The molecule has 1 aliphatic heterocycles. The summed E-state index contributed by atoms with van der Waals surface area (Å²) in [5.41, 5.74) is 2.13. The van der Waals surface area contributed by atoms with Crippen LogP contribution in [0.5, 0.6) is 0 Å². The van der Waals surface area contributed by atoms with Crippen LogP contribution in [0.3, 0.4) is 0 Å². The number of rotatable bonds is 5. The molecule has 138 valence electrons. The van der Waals surface area contributed by atoms with E-state index >= 15 is 0 Å². The summed E-state index contributed by atoms with van der Waals surface area (Å²) in [7, 11) is 0. The quantitative estimate of drug-likeness (QED) is 0.808. The van der Waals surface area contributed by atoms with Gasteiger partial charge in [-0.2, -0.15) is 0 Å². The van der Waals surface area contributed by atoms with Crippen LogP contribution in [0.4, 0.5) is 0 Å². The van der Waals surface area contributed by atoms with Gasteiger partial charge in [0.15, 0.2) is 0 Å². The maximum Gasteiger partial charge on any atom is 0.226 e. The highest BCUT2D eigenvalue weighted by Gasteiger charge is 2.22. The minimum absolute atomic E-state index is 0. The lowest BCUT2D eigenvalue weighted by Gasteiger charge is -2.30. The molecule has 0 aliphatic carbocycles. The molecule has 2 N–H and O–H groups in total. The molecule has 0 spiro atoms. The normalized spacial score (nSPS) is 19.4. The smallest absolute Gasteiger partial charge is 0.226 e. The summed E-state index contributed by atoms with van der Waals surface area (Å²) in [5.74, 6) is 0.567. The van der Waals surface area contributed by atoms with E-state index < -0.39 is 0 Å². The lowest BCUT2D eigenvalue weighted by molar-refractivity contribution is -0.121. The van der Waals surface area contributed by atoms with Gasteiger partial charge in [0.1, 0.15) is 0 Å². The van der Waals surface area contributed by atoms with Crippen LogP contribution < -0.4 is 10.6 Å². The second kappa shape index (κ2) is 10.8. The molecule has 1 aliphatic rings. The Morgan fingerprint density at radius 3 is 2.80 bits per heavy atom. The SMILES string of the molecule is CC1CNCCC1NC(=O)Cc1csc(Cc2ccccc2)n1.Cl.Cl. The van der Waals surface area contributed by atoms with Gasteiger partial charge in [-0.05, 0) is 31.0 Å². The molecule has 1 amide bonds. The predicted molar refractivity (Wildman–Crippen MR) is 108 cm³/mol. The zero-order valence-corrected chi connectivity index (χ0v) is 16.7. The molecule has 1 fully saturated rings. The van der Waals surface area contributed by atoms with E-state index in [0.717, 1.165) is 36.6 Å². The molecule has 0 radical (unpaired) electrons. The van der Waals surface area contributed by atoms with Gasteiger partial charge in [0, 0.05) is 17.8 Å². The predicted octanol–water partition coefficient (Wildman–Crippen LogP) is 3.23. The summed E-state index contributed by atoms with van der Waals surface area (Å²) >= 11 is 1.63. The fourth-order valence-corrected chi connectivity index (χ4v) is 3.76. The lowest BCUT2D eigenvalue weighted by atomic mass is 9.95. The van der Waals surface area contributed by atoms with E-state index in [2.05, 4.69) is 34.7 Å². The first-order valence-electron chi connectivity index (χ1n) is 8.18. The Hall–Kier alpha value is -1.14. The van der Waals surface area contributed by atoms with Crippen molar-refractivity contribution in [3.63, 3.8) is 0 Å². The number of benzene rings is 1. The number of halogens is 2. The molecular formula is C18H25Cl2N3OS. The van der Waals surface area contributed by atoms with Crippen LogP contribution in [0.25, 0.3) is 0 Å². The molecule has 2 atom stereocenters. The summed E-state index contributed by atoms with van der Waals surface area (Å²) in [6.07, 6.45) is 2.21. The van der Waals surface area contributed by atoms with Crippen LogP contribution in [-0.4, -0.2) is 30.0 Å². The van der Waals surface area contributed by atoms with E-state index in [4.69, 9.17) is 0 Å². The molecule has 2 aromatic rings. The molecule has 4 nitrogen and oxygen atoms in total. The van der Waals surface area contributed by atoms with Crippen LogP contribution in [0.15, 0.2) is 35.7 Å². The fraction of sp³-hybridized carbons (Fsp3) is 0.444. The minimum Gasteiger partial charge on any atom is -0.353 e. The van der Waals surface area contributed by atoms with Crippen LogP contribution in [-0.2, 0) is 17.6 Å². The van der Waals surface area contributed by atoms with Crippen LogP contribution in [0.2, 0.25) is 0 Å². The molecule has 7 heteroatoms. The first kappa shape index (κ1) is 21.9. The number of thiazole rings is 1. The highest BCUT2D eigenvalue weighted by atomic mass is 35.5. The van der Waals surface area contributed by atoms with Gasteiger partial charge in [0.05, 0.1) is 17.1 Å². The molecule has 3 rings (SSSR count). The third-order valence-electron chi connectivity index (χ3n) is 4.27. The first-order chi connectivity index (χ1) is 11.2. The number of carbonyl (C=O) groups excluding carboxylic acids is 1. The first-order valence-corrected chi connectivity index (χ1v) is 9.06. The third kappa shape index (κ3) is 6.59. The van der Waals surface area contributed by atoms with Crippen molar-refractivity contribution in [2.75, 3.05) is 13.1 Å². The molecule has 1 aromatic heterocycles. The molecule has 1 aromatic carbocycles. The van der Waals surface area contributed by atoms with E-state index in [1.54, 1.807) is 11.3 Å². The number of aromatic nitrogens is 1. The van der Waals surface area contributed by atoms with Gasteiger partial charge in [-0.15, -0.1) is 36.2 Å². The largest absolute Gasteiger partial charge is 0.353 e. The molecule has 2 heterocycles. The monoisotopic (exact) mass is 401 g/mol. The summed E-state index contributed by atoms with van der Waals surface area (Å²) < 4.78 is 0. The molecule has 0 bridgehead atoms. The zero-order valence-electron chi connectivity index (χ0n) is 14.2.